The molecule has 1 aromatic heterocycles. The van der Waals surface area contributed by atoms with E-state index in [1.54, 1.807) is 18.4 Å². The number of nitrogens with two attached hydrogens (primary N) is 1. The number of hydrogen-bond donors (Lipinski definition) is 1. The van der Waals surface area contributed by atoms with Gasteiger partial charge in [-0.2, -0.15) is 0 Å². The predicted molar refractivity (Wildman–Crippen MR) is 101 cm³/mol. The molecule has 0 aliphatic carbocycles. The van der Waals surface area contributed by atoms with Crippen LogP contribution in [0.2, 0.25) is 0 Å². The molecule has 2 N–H and O–H groups in total. The number of halogens is 1. The highest BCUT2D eigenvalue weighted by Crippen LogP contribution is 2.33. The van der Waals surface area contributed by atoms with E-state index < -0.39 is 0 Å². The fraction of sp³-hybridized carbons (Fsp3) is 0.158. The van der Waals surface area contributed by atoms with Crippen LogP contribution in [0.3, 0.4) is 0 Å². The zero-order valence-corrected chi connectivity index (χ0v) is 15.0. The van der Waals surface area contributed by atoms with Crippen molar-refractivity contribution in [3.05, 3.63) is 82.0 Å². The van der Waals surface area contributed by atoms with E-state index in [1.807, 2.05) is 66.0 Å². The second kappa shape index (κ2) is 8.73. The number of hydrogen-bond acceptors (Lipinski definition) is 4. The summed E-state index contributed by atoms with van der Waals surface area (Å²) in [4.78, 5) is 1.13. The molecule has 0 bridgehead atoms. The summed E-state index contributed by atoms with van der Waals surface area (Å²) in [5.74, 6) is 1.42. The first-order valence-electron chi connectivity index (χ1n) is 7.41. The van der Waals surface area contributed by atoms with Crippen molar-refractivity contribution in [2.75, 3.05) is 7.11 Å². The van der Waals surface area contributed by atoms with E-state index in [1.165, 1.54) is 0 Å². The van der Waals surface area contributed by atoms with Crippen LogP contribution < -0.4 is 15.2 Å². The van der Waals surface area contributed by atoms with Crippen molar-refractivity contribution in [2.45, 2.75) is 12.6 Å². The van der Waals surface area contributed by atoms with Gasteiger partial charge in [-0.1, -0.05) is 42.5 Å². The first-order valence-corrected chi connectivity index (χ1v) is 8.29. The van der Waals surface area contributed by atoms with Gasteiger partial charge in [0.2, 0.25) is 0 Å². The third kappa shape index (κ3) is 4.29. The molecule has 0 amide bonds. The van der Waals surface area contributed by atoms with Crippen molar-refractivity contribution < 1.29 is 9.47 Å². The Bertz CT molecular complexity index is 747. The van der Waals surface area contributed by atoms with E-state index >= 15 is 0 Å². The largest absolute Gasteiger partial charge is 0.493 e. The number of methoxy groups -OCH3 is 1. The Morgan fingerprint density at radius 1 is 1.00 bits per heavy atom. The predicted octanol–water partition coefficient (Wildman–Crippen LogP) is 4.81. The molecule has 0 saturated heterocycles. The average molecular weight is 362 g/mol. The van der Waals surface area contributed by atoms with E-state index in [0.717, 1.165) is 16.0 Å². The van der Waals surface area contributed by atoms with Gasteiger partial charge in [0, 0.05) is 4.88 Å². The minimum Gasteiger partial charge on any atom is -0.493 e. The van der Waals surface area contributed by atoms with Gasteiger partial charge >= 0.3 is 0 Å². The summed E-state index contributed by atoms with van der Waals surface area (Å²) in [6.07, 6.45) is 0. The number of benzene rings is 2. The first kappa shape index (κ1) is 18.3. The zero-order valence-electron chi connectivity index (χ0n) is 13.3. The Balaban J connectivity index is 0.00000208. The van der Waals surface area contributed by atoms with Crippen molar-refractivity contribution in [3.8, 4) is 11.5 Å². The fourth-order valence-corrected chi connectivity index (χ4v) is 3.12. The summed E-state index contributed by atoms with van der Waals surface area (Å²) in [6.45, 7) is 0.495. The summed E-state index contributed by atoms with van der Waals surface area (Å²) >= 11 is 1.65. The number of rotatable bonds is 6. The standard InChI is InChI=1S/C19H19NO2S.ClH/c1-21-16-10-9-15(19(20)18-8-5-11-23-18)12-17(16)22-13-14-6-3-2-4-7-14;/h2-12,19H,13,20H2,1H3;1H/t19-;/m0./s1. The number of ether oxygens (including phenoxy) is 2. The van der Waals surface area contributed by atoms with Gasteiger partial charge in [-0.05, 0) is 34.7 Å². The molecule has 1 heterocycles. The minimum atomic E-state index is -0.153. The molecule has 0 unspecified atom stereocenters. The molecule has 24 heavy (non-hydrogen) atoms. The molecule has 3 nitrogen and oxygen atoms in total. The Hall–Kier alpha value is -2.01. The van der Waals surface area contributed by atoms with E-state index in [9.17, 15) is 0 Å². The lowest BCUT2D eigenvalue weighted by Gasteiger charge is -2.15. The third-order valence-corrected chi connectivity index (χ3v) is 4.59. The zero-order chi connectivity index (χ0) is 16.1. The molecule has 0 radical (unpaired) electrons. The van der Waals surface area contributed by atoms with Gasteiger partial charge in [0.25, 0.3) is 0 Å². The van der Waals surface area contributed by atoms with E-state index in [2.05, 4.69) is 0 Å². The molecule has 5 heteroatoms. The lowest BCUT2D eigenvalue weighted by atomic mass is 10.1. The third-order valence-electron chi connectivity index (χ3n) is 3.63. The average Bonchev–Trinajstić information content (AvgIpc) is 3.14. The van der Waals surface area contributed by atoms with Crippen molar-refractivity contribution in [1.82, 2.24) is 0 Å². The van der Waals surface area contributed by atoms with Crippen LogP contribution in [0.1, 0.15) is 22.0 Å². The summed E-state index contributed by atoms with van der Waals surface area (Å²) < 4.78 is 11.3. The van der Waals surface area contributed by atoms with Crippen LogP contribution in [0.5, 0.6) is 11.5 Å². The van der Waals surface area contributed by atoms with Gasteiger partial charge in [-0.25, -0.2) is 0 Å². The molecule has 1 atom stereocenters. The van der Waals surface area contributed by atoms with Crippen molar-refractivity contribution >= 4 is 23.7 Å². The highest BCUT2D eigenvalue weighted by Gasteiger charge is 2.13. The molecular formula is C19H20ClNO2S. The fourth-order valence-electron chi connectivity index (χ4n) is 2.37. The quantitative estimate of drug-likeness (QED) is 0.685. The van der Waals surface area contributed by atoms with Crippen molar-refractivity contribution in [3.63, 3.8) is 0 Å². The highest BCUT2D eigenvalue weighted by molar-refractivity contribution is 7.10. The topological polar surface area (TPSA) is 44.5 Å². The normalized spacial score (nSPS) is 11.4. The van der Waals surface area contributed by atoms with Crippen LogP contribution in [0.4, 0.5) is 0 Å². The van der Waals surface area contributed by atoms with Gasteiger partial charge in [0.05, 0.1) is 13.2 Å². The molecule has 126 valence electrons. The smallest absolute Gasteiger partial charge is 0.162 e. The monoisotopic (exact) mass is 361 g/mol. The van der Waals surface area contributed by atoms with Gasteiger partial charge in [0.15, 0.2) is 11.5 Å². The first-order chi connectivity index (χ1) is 11.3. The summed E-state index contributed by atoms with van der Waals surface area (Å²) in [5, 5.41) is 2.03. The van der Waals surface area contributed by atoms with Crippen molar-refractivity contribution in [2.24, 2.45) is 5.73 Å². The van der Waals surface area contributed by atoms with E-state index in [4.69, 9.17) is 15.2 Å². The number of thiophene rings is 1. The Morgan fingerprint density at radius 3 is 2.46 bits per heavy atom. The summed E-state index contributed by atoms with van der Waals surface area (Å²) in [6, 6.07) is 19.8. The van der Waals surface area contributed by atoms with Crippen LogP contribution in [0, 0.1) is 0 Å². The molecule has 0 aliphatic rings. The lowest BCUT2D eigenvalue weighted by Crippen LogP contribution is -2.10. The van der Waals surface area contributed by atoms with Crippen LogP contribution in [-0.4, -0.2) is 7.11 Å². The van der Waals surface area contributed by atoms with E-state index in [-0.39, 0.29) is 18.4 Å². The Morgan fingerprint density at radius 2 is 1.79 bits per heavy atom. The maximum atomic E-state index is 6.34. The molecule has 0 spiro atoms. The molecule has 2 aromatic carbocycles. The minimum absolute atomic E-state index is 0. The van der Waals surface area contributed by atoms with Crippen molar-refractivity contribution in [1.29, 1.82) is 0 Å². The van der Waals surface area contributed by atoms with Gasteiger partial charge in [-0.3, -0.25) is 0 Å². The van der Waals surface area contributed by atoms with Crippen LogP contribution in [0.15, 0.2) is 66.0 Å². The maximum absolute atomic E-state index is 6.34. The van der Waals surface area contributed by atoms with E-state index in [0.29, 0.717) is 18.1 Å². The SMILES string of the molecule is COc1ccc([C@H](N)c2cccs2)cc1OCc1ccccc1.Cl. The van der Waals surface area contributed by atoms with Crippen LogP contribution in [-0.2, 0) is 6.61 Å². The molecule has 0 aliphatic heterocycles. The Labute approximate surface area is 152 Å². The van der Waals surface area contributed by atoms with Crippen LogP contribution in [0.25, 0.3) is 0 Å². The summed E-state index contributed by atoms with van der Waals surface area (Å²) in [7, 11) is 1.64. The molecule has 0 saturated carbocycles. The Kier molecular flexibility index (Phi) is 6.67. The molecular weight excluding hydrogens is 342 g/mol. The van der Waals surface area contributed by atoms with Gasteiger partial charge in [-0.15, -0.1) is 23.7 Å². The van der Waals surface area contributed by atoms with Gasteiger partial charge < -0.3 is 15.2 Å². The molecule has 0 fully saturated rings. The molecule has 3 aromatic rings. The summed E-state index contributed by atoms with van der Waals surface area (Å²) in [5.41, 5.74) is 8.47. The molecule has 3 rings (SSSR count). The second-order valence-electron chi connectivity index (χ2n) is 5.18. The maximum Gasteiger partial charge on any atom is 0.162 e. The second-order valence-corrected chi connectivity index (χ2v) is 6.16. The highest BCUT2D eigenvalue weighted by atomic mass is 35.5. The lowest BCUT2D eigenvalue weighted by molar-refractivity contribution is 0.284. The van der Waals surface area contributed by atoms with Crippen LogP contribution >= 0.6 is 23.7 Å². The van der Waals surface area contributed by atoms with Gasteiger partial charge in [0.1, 0.15) is 6.61 Å².